The van der Waals surface area contributed by atoms with Crippen molar-refractivity contribution in [3.63, 3.8) is 0 Å². The van der Waals surface area contributed by atoms with Crippen molar-refractivity contribution in [1.82, 2.24) is 0 Å². The normalized spacial score (nSPS) is 13.5. The third kappa shape index (κ3) is 5.54. The molecular formula is C19H22Br2O2. The molecule has 23 heavy (non-hydrogen) atoms. The van der Waals surface area contributed by atoms with Crippen molar-refractivity contribution >= 4 is 31.9 Å². The molecule has 4 heteroatoms. The summed E-state index contributed by atoms with van der Waals surface area (Å²) in [5.41, 5.74) is 2.41. The summed E-state index contributed by atoms with van der Waals surface area (Å²) in [5, 5.41) is 0. The van der Waals surface area contributed by atoms with Gasteiger partial charge < -0.3 is 9.47 Å². The zero-order valence-electron chi connectivity index (χ0n) is 13.9. The molecule has 0 N–H and O–H groups in total. The van der Waals surface area contributed by atoms with Gasteiger partial charge in [0.25, 0.3) is 0 Å². The molecule has 2 atom stereocenters. The minimum Gasteiger partial charge on any atom is -0.489 e. The van der Waals surface area contributed by atoms with E-state index < -0.39 is 0 Å². The highest BCUT2D eigenvalue weighted by Gasteiger charge is 2.14. The highest BCUT2D eigenvalue weighted by molar-refractivity contribution is 9.10. The van der Waals surface area contributed by atoms with E-state index in [-0.39, 0.29) is 12.2 Å². The van der Waals surface area contributed by atoms with E-state index in [9.17, 15) is 0 Å². The molecule has 0 aliphatic heterocycles. The van der Waals surface area contributed by atoms with Crippen LogP contribution < -0.4 is 9.47 Å². The predicted octanol–water partition coefficient (Wildman–Crippen LogP) is 6.45. The van der Waals surface area contributed by atoms with Gasteiger partial charge in [-0.2, -0.15) is 0 Å². The van der Waals surface area contributed by atoms with Crippen LogP contribution in [0.25, 0.3) is 0 Å². The number of benzene rings is 2. The molecule has 2 rings (SSSR count). The van der Waals surface area contributed by atoms with Crippen LogP contribution in [-0.4, -0.2) is 12.2 Å². The van der Waals surface area contributed by atoms with E-state index in [1.54, 1.807) is 0 Å². The van der Waals surface area contributed by atoms with Crippen LogP contribution in [0.3, 0.4) is 0 Å². The van der Waals surface area contributed by atoms with Gasteiger partial charge in [-0.15, -0.1) is 0 Å². The Hall–Kier alpha value is -1.000. The first kappa shape index (κ1) is 18.3. The highest BCUT2D eigenvalue weighted by Crippen LogP contribution is 2.29. The third-order valence-electron chi connectivity index (χ3n) is 3.49. The molecule has 0 spiro atoms. The molecule has 0 fully saturated rings. The summed E-state index contributed by atoms with van der Waals surface area (Å²) in [4.78, 5) is 0. The fraction of sp³-hybridized carbons (Fsp3) is 0.368. The quantitative estimate of drug-likeness (QED) is 0.512. The van der Waals surface area contributed by atoms with E-state index in [4.69, 9.17) is 9.47 Å². The maximum Gasteiger partial charge on any atom is 0.133 e. The summed E-state index contributed by atoms with van der Waals surface area (Å²) in [6.07, 6.45) is 0.933. The molecule has 0 heterocycles. The minimum absolute atomic E-state index is 0.0632. The smallest absolute Gasteiger partial charge is 0.133 e. The third-order valence-corrected chi connectivity index (χ3v) is 4.73. The molecule has 0 saturated carbocycles. The van der Waals surface area contributed by atoms with E-state index in [0.717, 1.165) is 26.9 Å². The molecule has 124 valence electrons. The molecule has 0 amide bonds. The van der Waals surface area contributed by atoms with Crippen LogP contribution in [-0.2, 0) is 0 Å². The lowest BCUT2D eigenvalue weighted by atomic mass is 10.2. The molecule has 0 saturated heterocycles. The van der Waals surface area contributed by atoms with Crippen LogP contribution in [0.5, 0.6) is 11.5 Å². The van der Waals surface area contributed by atoms with E-state index in [1.165, 1.54) is 11.1 Å². The largest absolute Gasteiger partial charge is 0.489 e. The summed E-state index contributed by atoms with van der Waals surface area (Å²) in [6.45, 7) is 8.26. The molecule has 2 aromatic carbocycles. The Kier molecular flexibility index (Phi) is 6.54. The number of aryl methyl sites for hydroxylation is 2. The molecule has 2 aromatic rings. The van der Waals surface area contributed by atoms with Crippen molar-refractivity contribution in [2.75, 3.05) is 0 Å². The number of rotatable bonds is 6. The van der Waals surface area contributed by atoms with E-state index in [1.807, 2.05) is 12.1 Å². The molecule has 0 aliphatic carbocycles. The minimum atomic E-state index is 0.0632. The van der Waals surface area contributed by atoms with Gasteiger partial charge in [-0.1, -0.05) is 12.1 Å². The number of ether oxygens (including phenoxy) is 2. The Morgan fingerprint density at radius 3 is 1.52 bits per heavy atom. The summed E-state index contributed by atoms with van der Waals surface area (Å²) in [5.74, 6) is 1.73. The zero-order chi connectivity index (χ0) is 17.0. The second kappa shape index (κ2) is 8.20. The first-order valence-electron chi connectivity index (χ1n) is 7.70. The van der Waals surface area contributed by atoms with Crippen LogP contribution in [0.4, 0.5) is 0 Å². The van der Waals surface area contributed by atoms with Crippen LogP contribution in [0.15, 0.2) is 45.3 Å². The van der Waals surface area contributed by atoms with Crippen molar-refractivity contribution in [2.24, 2.45) is 0 Å². The fourth-order valence-corrected chi connectivity index (χ4v) is 3.57. The first-order valence-corrected chi connectivity index (χ1v) is 9.29. The maximum absolute atomic E-state index is 6.02. The van der Waals surface area contributed by atoms with E-state index >= 15 is 0 Å². The monoisotopic (exact) mass is 440 g/mol. The van der Waals surface area contributed by atoms with Gasteiger partial charge in [0.2, 0.25) is 0 Å². The van der Waals surface area contributed by atoms with Crippen molar-refractivity contribution in [2.45, 2.75) is 46.3 Å². The van der Waals surface area contributed by atoms with Crippen LogP contribution in [0.1, 0.15) is 31.4 Å². The summed E-state index contributed by atoms with van der Waals surface area (Å²) in [7, 11) is 0. The lowest BCUT2D eigenvalue weighted by molar-refractivity contribution is 0.130. The standard InChI is InChI=1S/C19H22Br2O2/c1-12-5-7-18(16(20)9-12)22-14(3)11-15(4)23-19-8-6-13(2)10-17(19)21/h5-10,14-15H,11H2,1-4H3/t14-,15+. The molecule has 0 unspecified atom stereocenters. The van der Waals surface area contributed by atoms with Crippen molar-refractivity contribution in [3.05, 3.63) is 56.5 Å². The summed E-state index contributed by atoms with van der Waals surface area (Å²) >= 11 is 7.10. The van der Waals surface area contributed by atoms with Gasteiger partial charge in [0.05, 0.1) is 21.2 Å². The zero-order valence-corrected chi connectivity index (χ0v) is 17.1. The SMILES string of the molecule is Cc1ccc(O[C@H](C)C[C@H](C)Oc2ccc(C)cc2Br)c(Br)c1. The van der Waals surface area contributed by atoms with Crippen molar-refractivity contribution in [3.8, 4) is 11.5 Å². The second-order valence-electron chi connectivity index (χ2n) is 5.96. The Morgan fingerprint density at radius 1 is 0.783 bits per heavy atom. The van der Waals surface area contributed by atoms with Crippen molar-refractivity contribution in [1.29, 1.82) is 0 Å². The number of halogens is 2. The molecule has 0 bridgehead atoms. The Bertz CT molecular complexity index is 613. The Morgan fingerprint density at radius 2 is 1.17 bits per heavy atom. The van der Waals surface area contributed by atoms with Gasteiger partial charge in [-0.3, -0.25) is 0 Å². The van der Waals surface area contributed by atoms with Gasteiger partial charge in [-0.05, 0) is 94.9 Å². The van der Waals surface area contributed by atoms with E-state index in [0.29, 0.717) is 0 Å². The predicted molar refractivity (Wildman–Crippen MR) is 103 cm³/mol. The van der Waals surface area contributed by atoms with Gasteiger partial charge in [0, 0.05) is 6.42 Å². The molecular weight excluding hydrogens is 420 g/mol. The van der Waals surface area contributed by atoms with Gasteiger partial charge in [0.15, 0.2) is 0 Å². The Labute approximate surface area is 155 Å². The first-order chi connectivity index (χ1) is 10.8. The van der Waals surface area contributed by atoms with Crippen LogP contribution >= 0.6 is 31.9 Å². The number of hydrogen-bond acceptors (Lipinski definition) is 2. The molecule has 0 aliphatic rings. The van der Waals surface area contributed by atoms with Crippen LogP contribution in [0, 0.1) is 13.8 Å². The maximum atomic E-state index is 6.02. The summed E-state index contributed by atoms with van der Waals surface area (Å²) in [6, 6.07) is 12.2. The summed E-state index contributed by atoms with van der Waals surface area (Å²) < 4.78 is 14.0. The average Bonchev–Trinajstić information content (AvgIpc) is 2.45. The van der Waals surface area contributed by atoms with Crippen molar-refractivity contribution < 1.29 is 9.47 Å². The van der Waals surface area contributed by atoms with Crippen LogP contribution in [0.2, 0.25) is 0 Å². The number of hydrogen-bond donors (Lipinski definition) is 0. The van der Waals surface area contributed by atoms with Gasteiger partial charge in [-0.25, -0.2) is 0 Å². The lowest BCUT2D eigenvalue weighted by Gasteiger charge is -2.21. The highest BCUT2D eigenvalue weighted by atomic mass is 79.9. The fourth-order valence-electron chi connectivity index (χ4n) is 2.40. The molecule has 0 aromatic heterocycles. The average molecular weight is 442 g/mol. The topological polar surface area (TPSA) is 18.5 Å². The van der Waals surface area contributed by atoms with Gasteiger partial charge >= 0.3 is 0 Å². The van der Waals surface area contributed by atoms with E-state index in [2.05, 4.69) is 83.8 Å². The second-order valence-corrected chi connectivity index (χ2v) is 7.67. The molecule has 2 nitrogen and oxygen atoms in total. The Balaban J connectivity index is 1.92. The lowest BCUT2D eigenvalue weighted by Crippen LogP contribution is -2.23. The molecule has 0 radical (unpaired) electrons. The van der Waals surface area contributed by atoms with Gasteiger partial charge in [0.1, 0.15) is 11.5 Å².